The molecule has 8 heteroatoms. The average Bonchev–Trinajstić information content (AvgIpc) is 3.11. The summed E-state index contributed by atoms with van der Waals surface area (Å²) >= 11 is 14.2. The lowest BCUT2D eigenvalue weighted by Crippen LogP contribution is -2.08. The summed E-state index contributed by atoms with van der Waals surface area (Å²) in [5.41, 5.74) is 1.78. The molecule has 0 aromatic heterocycles. The van der Waals surface area contributed by atoms with Crippen LogP contribution in [0.2, 0.25) is 10.0 Å². The number of carbonyl (C=O) groups excluding carboxylic acids is 2. The summed E-state index contributed by atoms with van der Waals surface area (Å²) in [5, 5.41) is 0.981. The predicted molar refractivity (Wildman–Crippen MR) is 128 cm³/mol. The van der Waals surface area contributed by atoms with Crippen LogP contribution in [0.4, 0.5) is 0 Å². The van der Waals surface area contributed by atoms with Gasteiger partial charge < -0.3 is 9.47 Å². The van der Waals surface area contributed by atoms with E-state index in [0.717, 1.165) is 3.57 Å². The van der Waals surface area contributed by atoms with E-state index < -0.39 is 11.9 Å². The molecule has 3 aromatic rings. The van der Waals surface area contributed by atoms with Crippen LogP contribution in [-0.4, -0.2) is 17.8 Å². The van der Waals surface area contributed by atoms with Gasteiger partial charge in [0.05, 0.1) is 16.1 Å². The summed E-state index contributed by atoms with van der Waals surface area (Å²) in [7, 11) is 0. The van der Waals surface area contributed by atoms with E-state index in [4.69, 9.17) is 32.7 Å². The summed E-state index contributed by atoms with van der Waals surface area (Å²) in [6, 6.07) is 18.4. The van der Waals surface area contributed by atoms with Gasteiger partial charge in [-0.05, 0) is 88.8 Å². The lowest BCUT2D eigenvalue weighted by atomic mass is 10.2. The Labute approximate surface area is 201 Å². The molecule has 0 aliphatic carbocycles. The number of rotatable bonds is 4. The van der Waals surface area contributed by atoms with Crippen molar-refractivity contribution >= 4 is 69.7 Å². The zero-order valence-corrected chi connectivity index (χ0v) is 19.3. The molecule has 0 saturated carbocycles. The van der Waals surface area contributed by atoms with Gasteiger partial charge in [0.1, 0.15) is 5.75 Å². The summed E-state index contributed by atoms with van der Waals surface area (Å²) in [4.78, 5) is 28.7. The lowest BCUT2D eigenvalue weighted by Gasteiger charge is -2.05. The van der Waals surface area contributed by atoms with E-state index in [1.165, 1.54) is 0 Å². The molecule has 3 aromatic carbocycles. The van der Waals surface area contributed by atoms with Crippen LogP contribution in [0.15, 0.2) is 77.4 Å². The molecule has 0 unspecified atom stereocenters. The van der Waals surface area contributed by atoms with E-state index in [-0.39, 0.29) is 11.6 Å². The maximum absolute atomic E-state index is 12.2. The summed E-state index contributed by atoms with van der Waals surface area (Å²) in [5.74, 6) is -0.534. The van der Waals surface area contributed by atoms with Crippen LogP contribution in [0.25, 0.3) is 6.08 Å². The van der Waals surface area contributed by atoms with Gasteiger partial charge in [-0.15, -0.1) is 0 Å². The first-order valence-electron chi connectivity index (χ1n) is 8.95. The number of cyclic esters (lactones) is 1. The maximum Gasteiger partial charge on any atom is 0.363 e. The van der Waals surface area contributed by atoms with Crippen molar-refractivity contribution in [3.63, 3.8) is 0 Å². The Morgan fingerprint density at radius 3 is 2.42 bits per heavy atom. The number of aliphatic imine (C=N–C) groups is 1. The fourth-order valence-corrected chi connectivity index (χ4v) is 3.54. The molecule has 31 heavy (non-hydrogen) atoms. The molecule has 0 radical (unpaired) electrons. The van der Waals surface area contributed by atoms with Gasteiger partial charge in [-0.2, -0.15) is 0 Å². The highest BCUT2D eigenvalue weighted by Crippen LogP contribution is 2.26. The highest BCUT2D eigenvalue weighted by molar-refractivity contribution is 14.1. The van der Waals surface area contributed by atoms with Crippen LogP contribution >= 0.6 is 45.8 Å². The van der Waals surface area contributed by atoms with Crippen molar-refractivity contribution in [3.05, 3.63) is 103 Å². The van der Waals surface area contributed by atoms with Gasteiger partial charge in [-0.25, -0.2) is 14.6 Å². The summed E-state index contributed by atoms with van der Waals surface area (Å²) < 4.78 is 11.6. The standard InChI is InChI=1S/C23H12Cl2INO4/c24-15-5-3-14(4-6-15)22(28)30-17-8-1-13(2-9-17)11-20-23(29)31-21(27-20)18-12-16(26)7-10-19(18)25/h1-12H/b20-11-. The Morgan fingerprint density at radius 2 is 1.71 bits per heavy atom. The lowest BCUT2D eigenvalue weighted by molar-refractivity contribution is -0.129. The van der Waals surface area contributed by atoms with Crippen molar-refractivity contribution in [1.82, 2.24) is 0 Å². The Kier molecular flexibility index (Phi) is 6.41. The fourth-order valence-electron chi connectivity index (χ4n) is 2.73. The molecule has 0 N–H and O–H groups in total. The Bertz CT molecular complexity index is 1240. The predicted octanol–water partition coefficient (Wildman–Crippen LogP) is 6.16. The first-order chi connectivity index (χ1) is 14.9. The molecule has 1 heterocycles. The van der Waals surface area contributed by atoms with Gasteiger partial charge in [0.2, 0.25) is 5.90 Å². The SMILES string of the molecule is O=C1OC(c2cc(I)ccc2Cl)=N/C1=C\c1ccc(OC(=O)c2ccc(Cl)cc2)cc1. The van der Waals surface area contributed by atoms with E-state index in [9.17, 15) is 9.59 Å². The van der Waals surface area contributed by atoms with Crippen LogP contribution in [0.1, 0.15) is 21.5 Å². The zero-order valence-electron chi connectivity index (χ0n) is 15.6. The van der Waals surface area contributed by atoms with Crippen molar-refractivity contribution in [2.45, 2.75) is 0 Å². The number of hydrogen-bond acceptors (Lipinski definition) is 5. The Hall–Kier alpha value is -2.68. The van der Waals surface area contributed by atoms with Crippen LogP contribution in [0.3, 0.4) is 0 Å². The number of halogens is 3. The molecule has 0 amide bonds. The van der Waals surface area contributed by atoms with Crippen molar-refractivity contribution in [1.29, 1.82) is 0 Å². The number of carbonyl (C=O) groups is 2. The molecular formula is C23H12Cl2INO4. The quantitative estimate of drug-likeness (QED) is 0.165. The highest BCUT2D eigenvalue weighted by atomic mass is 127. The smallest absolute Gasteiger partial charge is 0.363 e. The molecule has 154 valence electrons. The number of benzene rings is 3. The highest BCUT2D eigenvalue weighted by Gasteiger charge is 2.25. The monoisotopic (exact) mass is 563 g/mol. The third-order valence-corrected chi connectivity index (χ3v) is 5.51. The molecule has 4 rings (SSSR count). The van der Waals surface area contributed by atoms with Crippen molar-refractivity contribution in [3.8, 4) is 5.75 Å². The molecule has 0 atom stereocenters. The van der Waals surface area contributed by atoms with Gasteiger partial charge in [-0.1, -0.05) is 35.3 Å². The third kappa shape index (κ3) is 5.15. The Morgan fingerprint density at radius 1 is 1.00 bits per heavy atom. The molecule has 1 aliphatic rings. The van der Waals surface area contributed by atoms with Gasteiger partial charge >= 0.3 is 11.9 Å². The van der Waals surface area contributed by atoms with E-state index >= 15 is 0 Å². The van der Waals surface area contributed by atoms with Crippen LogP contribution in [0.5, 0.6) is 5.75 Å². The first-order valence-corrected chi connectivity index (χ1v) is 10.8. The van der Waals surface area contributed by atoms with Crippen LogP contribution in [-0.2, 0) is 9.53 Å². The average molecular weight is 564 g/mol. The van der Waals surface area contributed by atoms with E-state index in [1.807, 2.05) is 6.07 Å². The third-order valence-electron chi connectivity index (χ3n) is 4.25. The minimum absolute atomic E-state index is 0.149. The van der Waals surface area contributed by atoms with Gasteiger partial charge in [0.15, 0.2) is 5.70 Å². The first kappa shape index (κ1) is 21.5. The summed E-state index contributed by atoms with van der Waals surface area (Å²) in [6.07, 6.45) is 1.59. The number of nitrogens with zero attached hydrogens (tertiary/aromatic N) is 1. The van der Waals surface area contributed by atoms with Crippen LogP contribution < -0.4 is 4.74 Å². The van der Waals surface area contributed by atoms with Gasteiger partial charge in [0.25, 0.3) is 0 Å². The molecule has 0 spiro atoms. The van der Waals surface area contributed by atoms with Crippen molar-refractivity contribution in [2.24, 2.45) is 4.99 Å². The second-order valence-electron chi connectivity index (χ2n) is 6.43. The minimum Gasteiger partial charge on any atom is -0.423 e. The molecule has 0 fully saturated rings. The second kappa shape index (κ2) is 9.21. The van der Waals surface area contributed by atoms with E-state index in [2.05, 4.69) is 27.6 Å². The molecule has 1 aliphatic heterocycles. The normalized spacial score (nSPS) is 14.4. The molecule has 0 bridgehead atoms. The topological polar surface area (TPSA) is 65.0 Å². The molecular weight excluding hydrogens is 552 g/mol. The largest absolute Gasteiger partial charge is 0.423 e. The molecule has 0 saturated heterocycles. The van der Waals surface area contributed by atoms with E-state index in [0.29, 0.717) is 32.5 Å². The number of ether oxygens (including phenoxy) is 2. The Balaban J connectivity index is 1.50. The fraction of sp³-hybridized carbons (Fsp3) is 0. The van der Waals surface area contributed by atoms with Gasteiger partial charge in [-0.3, -0.25) is 0 Å². The number of hydrogen-bond donors (Lipinski definition) is 0. The van der Waals surface area contributed by atoms with Gasteiger partial charge in [0, 0.05) is 8.59 Å². The van der Waals surface area contributed by atoms with Crippen molar-refractivity contribution < 1.29 is 19.1 Å². The van der Waals surface area contributed by atoms with Crippen LogP contribution in [0, 0.1) is 3.57 Å². The van der Waals surface area contributed by atoms with E-state index in [1.54, 1.807) is 66.7 Å². The summed E-state index contributed by atoms with van der Waals surface area (Å²) in [6.45, 7) is 0. The molecule has 5 nitrogen and oxygen atoms in total. The second-order valence-corrected chi connectivity index (χ2v) is 8.51. The zero-order chi connectivity index (χ0) is 22.0. The number of esters is 2. The van der Waals surface area contributed by atoms with Crippen molar-refractivity contribution in [2.75, 3.05) is 0 Å². The maximum atomic E-state index is 12.2. The minimum atomic E-state index is -0.567.